The zero-order valence-corrected chi connectivity index (χ0v) is 12.8. The van der Waals surface area contributed by atoms with Gasteiger partial charge in [0.15, 0.2) is 11.9 Å². The highest BCUT2D eigenvalue weighted by Gasteiger charge is 2.33. The van der Waals surface area contributed by atoms with Gasteiger partial charge in [-0.1, -0.05) is 12.1 Å². The molecule has 0 saturated heterocycles. The molecule has 120 valence electrons. The Morgan fingerprint density at radius 2 is 2.22 bits per heavy atom. The monoisotopic (exact) mass is 314 g/mol. The Bertz CT molecular complexity index is 726. The summed E-state index contributed by atoms with van der Waals surface area (Å²) in [7, 11) is 1.62. The number of aromatic nitrogens is 4. The topological polar surface area (TPSA) is 85.2 Å². The molecule has 0 radical (unpaired) electrons. The third kappa shape index (κ3) is 2.60. The quantitative estimate of drug-likeness (QED) is 0.885. The van der Waals surface area contributed by atoms with E-state index in [0.29, 0.717) is 24.9 Å². The number of hydrogen-bond donors (Lipinski definition) is 1. The van der Waals surface area contributed by atoms with E-state index in [2.05, 4.69) is 25.7 Å². The number of carbonyl (C=O) groups excluding carboxylic acids is 1. The van der Waals surface area contributed by atoms with Gasteiger partial charge in [0.1, 0.15) is 5.75 Å². The summed E-state index contributed by atoms with van der Waals surface area (Å²) >= 11 is 0. The van der Waals surface area contributed by atoms with Crippen LogP contribution < -0.4 is 15.0 Å². The summed E-state index contributed by atoms with van der Waals surface area (Å²) in [6.45, 7) is 1.02. The molecule has 2 heterocycles. The molecule has 1 saturated carbocycles. The van der Waals surface area contributed by atoms with E-state index in [1.165, 1.54) is 0 Å². The first kappa shape index (κ1) is 14.0. The van der Waals surface area contributed by atoms with Gasteiger partial charge in [0, 0.05) is 7.05 Å². The number of tetrazole rings is 1. The molecule has 2 aromatic rings. The van der Waals surface area contributed by atoms with E-state index in [1.54, 1.807) is 7.05 Å². The molecule has 8 heteroatoms. The molecule has 1 aromatic heterocycles. The highest BCUT2D eigenvalue weighted by molar-refractivity contribution is 5.83. The van der Waals surface area contributed by atoms with Gasteiger partial charge in [-0.25, -0.2) is 4.68 Å². The summed E-state index contributed by atoms with van der Waals surface area (Å²) in [6.07, 6.45) is 1.71. The Morgan fingerprint density at radius 1 is 1.39 bits per heavy atom. The van der Waals surface area contributed by atoms with E-state index in [1.807, 2.05) is 28.9 Å². The molecule has 23 heavy (non-hydrogen) atoms. The van der Waals surface area contributed by atoms with Crippen molar-refractivity contribution in [3.63, 3.8) is 0 Å². The fraction of sp³-hybridized carbons (Fsp3) is 0.467. The molecule has 1 aliphatic carbocycles. The van der Waals surface area contributed by atoms with Crippen molar-refractivity contribution in [1.29, 1.82) is 0 Å². The highest BCUT2D eigenvalue weighted by atomic mass is 16.5. The van der Waals surface area contributed by atoms with Crippen LogP contribution in [0.1, 0.15) is 24.7 Å². The fourth-order valence-corrected chi connectivity index (χ4v) is 2.84. The molecule has 0 bridgehead atoms. The van der Waals surface area contributed by atoms with Gasteiger partial charge in [-0.2, -0.15) is 0 Å². The molecule has 1 aliphatic heterocycles. The summed E-state index contributed by atoms with van der Waals surface area (Å²) in [6, 6.07) is 8.14. The van der Waals surface area contributed by atoms with E-state index in [9.17, 15) is 4.79 Å². The van der Waals surface area contributed by atoms with Gasteiger partial charge in [-0.05, 0) is 35.4 Å². The number of hydrogen-bond acceptors (Lipinski definition) is 6. The zero-order chi connectivity index (χ0) is 15.8. The Hall–Kier alpha value is -2.64. The van der Waals surface area contributed by atoms with Crippen molar-refractivity contribution in [2.45, 2.75) is 31.5 Å². The summed E-state index contributed by atoms with van der Waals surface area (Å²) in [5.41, 5.74) is 0.956. The lowest BCUT2D eigenvalue weighted by Crippen LogP contribution is -2.48. The first-order valence-corrected chi connectivity index (χ1v) is 7.75. The smallest absolute Gasteiger partial charge is 0.262 e. The summed E-state index contributed by atoms with van der Waals surface area (Å²) in [5, 5.41) is 14.7. The number of anilines is 1. The van der Waals surface area contributed by atoms with Crippen LogP contribution in [0.15, 0.2) is 24.3 Å². The van der Waals surface area contributed by atoms with Crippen LogP contribution in [0.3, 0.4) is 0 Å². The number of rotatable bonds is 4. The van der Waals surface area contributed by atoms with Crippen LogP contribution in [0.2, 0.25) is 0 Å². The second kappa shape index (κ2) is 5.53. The maximum atomic E-state index is 12.0. The maximum Gasteiger partial charge on any atom is 0.262 e. The van der Waals surface area contributed by atoms with Crippen molar-refractivity contribution in [2.24, 2.45) is 0 Å². The lowest BCUT2D eigenvalue weighted by molar-refractivity contribution is -0.127. The number of nitrogens with one attached hydrogen (secondary N) is 1. The second-order valence-corrected chi connectivity index (χ2v) is 5.84. The SMILES string of the molecule is CNC(=O)[C@H]1CN(Cc2nnnn2C2CC2)c2ccccc2O1. The van der Waals surface area contributed by atoms with Crippen LogP contribution in [0.5, 0.6) is 5.75 Å². The molecule has 0 spiro atoms. The molecule has 1 N–H and O–H groups in total. The van der Waals surface area contributed by atoms with Crippen LogP contribution in [-0.4, -0.2) is 45.8 Å². The first-order valence-electron chi connectivity index (χ1n) is 7.75. The van der Waals surface area contributed by atoms with Gasteiger partial charge in [-0.3, -0.25) is 4.79 Å². The molecule has 4 rings (SSSR count). The predicted octanol–water partition coefficient (Wildman–Crippen LogP) is 0.522. The molecule has 1 fully saturated rings. The minimum Gasteiger partial charge on any atom is -0.477 e. The van der Waals surface area contributed by atoms with E-state index in [4.69, 9.17) is 4.74 Å². The summed E-state index contributed by atoms with van der Waals surface area (Å²) in [4.78, 5) is 14.1. The number of likely N-dealkylation sites (N-methyl/N-ethyl adjacent to an activating group) is 1. The average molecular weight is 314 g/mol. The molecular weight excluding hydrogens is 296 g/mol. The van der Waals surface area contributed by atoms with Gasteiger partial charge in [0.25, 0.3) is 5.91 Å². The van der Waals surface area contributed by atoms with Crippen LogP contribution >= 0.6 is 0 Å². The van der Waals surface area contributed by atoms with Crippen LogP contribution in [-0.2, 0) is 11.3 Å². The lowest BCUT2D eigenvalue weighted by Gasteiger charge is -2.35. The first-order chi connectivity index (χ1) is 11.3. The van der Waals surface area contributed by atoms with E-state index >= 15 is 0 Å². The van der Waals surface area contributed by atoms with Crippen molar-refractivity contribution >= 4 is 11.6 Å². The average Bonchev–Trinajstić information content (AvgIpc) is 3.33. The molecule has 2 aliphatic rings. The number of fused-ring (bicyclic) bond motifs is 1. The third-order valence-electron chi connectivity index (χ3n) is 4.19. The molecule has 1 aromatic carbocycles. The van der Waals surface area contributed by atoms with Crippen LogP contribution in [0.4, 0.5) is 5.69 Å². The van der Waals surface area contributed by atoms with Crippen LogP contribution in [0, 0.1) is 0 Å². The zero-order valence-electron chi connectivity index (χ0n) is 12.8. The highest BCUT2D eigenvalue weighted by Crippen LogP contribution is 2.36. The van der Waals surface area contributed by atoms with Gasteiger partial charge in [0.05, 0.1) is 24.8 Å². The number of para-hydroxylation sites is 2. The van der Waals surface area contributed by atoms with E-state index < -0.39 is 6.10 Å². The Morgan fingerprint density at radius 3 is 3.00 bits per heavy atom. The lowest BCUT2D eigenvalue weighted by atomic mass is 10.1. The number of nitrogens with zero attached hydrogens (tertiary/aromatic N) is 5. The number of carbonyl (C=O) groups is 1. The van der Waals surface area contributed by atoms with Crippen molar-refractivity contribution in [2.75, 3.05) is 18.5 Å². The normalized spacial score (nSPS) is 19.9. The second-order valence-electron chi connectivity index (χ2n) is 5.84. The minimum absolute atomic E-state index is 0.133. The van der Waals surface area contributed by atoms with Crippen molar-refractivity contribution < 1.29 is 9.53 Å². The number of ether oxygens (including phenoxy) is 1. The summed E-state index contributed by atoms with van der Waals surface area (Å²) in [5.74, 6) is 1.39. The van der Waals surface area contributed by atoms with Gasteiger partial charge in [0.2, 0.25) is 0 Å². The van der Waals surface area contributed by atoms with Gasteiger partial charge >= 0.3 is 0 Å². The molecule has 8 nitrogen and oxygen atoms in total. The minimum atomic E-state index is -0.542. The van der Waals surface area contributed by atoms with Crippen LogP contribution in [0.25, 0.3) is 0 Å². The van der Waals surface area contributed by atoms with E-state index in [-0.39, 0.29) is 5.91 Å². The fourth-order valence-electron chi connectivity index (χ4n) is 2.84. The predicted molar refractivity (Wildman–Crippen MR) is 82.1 cm³/mol. The van der Waals surface area contributed by atoms with Crippen molar-refractivity contribution in [3.05, 3.63) is 30.1 Å². The standard InChI is InChI=1S/C15H18N6O2/c1-16-15(22)13-8-20(11-4-2-3-5-12(11)23-13)9-14-17-18-19-21(14)10-6-7-10/h2-5,10,13H,6-9H2,1H3,(H,16,22)/t13-/m1/s1. The van der Waals surface area contributed by atoms with Crippen molar-refractivity contribution in [1.82, 2.24) is 25.5 Å². The Balaban J connectivity index is 1.63. The molecular formula is C15H18N6O2. The largest absolute Gasteiger partial charge is 0.477 e. The molecule has 1 amide bonds. The maximum absolute atomic E-state index is 12.0. The number of amides is 1. The van der Waals surface area contributed by atoms with Gasteiger partial charge < -0.3 is 15.0 Å². The van der Waals surface area contributed by atoms with E-state index in [0.717, 1.165) is 24.4 Å². The molecule has 0 unspecified atom stereocenters. The Labute approximate surface area is 133 Å². The summed E-state index contributed by atoms with van der Waals surface area (Å²) < 4.78 is 7.71. The number of benzene rings is 1. The van der Waals surface area contributed by atoms with Crippen molar-refractivity contribution in [3.8, 4) is 5.75 Å². The Kier molecular flexibility index (Phi) is 3.36. The van der Waals surface area contributed by atoms with Gasteiger partial charge in [-0.15, -0.1) is 5.10 Å². The molecule has 1 atom stereocenters. The third-order valence-corrected chi connectivity index (χ3v) is 4.19.